The van der Waals surface area contributed by atoms with Crippen LogP contribution in [0, 0.1) is 11.6 Å². The molecule has 0 aliphatic carbocycles. The molecule has 1 aromatic heterocycles. The number of hydrogen-bond donors (Lipinski definition) is 1. The average Bonchev–Trinajstić information content (AvgIpc) is 3.11. The SMILES string of the molecule is CCN(CC)S(=O)(=O)c1ccc2nnn(OCC(=O)Nc3ccc(F)cc3F)c2c1. The fourth-order valence-electron chi connectivity index (χ4n) is 2.74. The van der Waals surface area contributed by atoms with E-state index in [-0.39, 0.29) is 16.1 Å². The van der Waals surface area contributed by atoms with Crippen LogP contribution in [0.2, 0.25) is 0 Å². The highest BCUT2D eigenvalue weighted by Crippen LogP contribution is 2.20. The molecule has 0 atom stereocenters. The van der Waals surface area contributed by atoms with E-state index < -0.39 is 34.2 Å². The number of nitrogens with zero attached hydrogens (tertiary/aromatic N) is 4. The number of carbonyl (C=O) groups excluding carboxylic acids is 1. The van der Waals surface area contributed by atoms with Crippen LogP contribution in [0.3, 0.4) is 0 Å². The van der Waals surface area contributed by atoms with Gasteiger partial charge in [0.1, 0.15) is 22.7 Å². The number of hydrogen-bond acceptors (Lipinski definition) is 6. The minimum Gasteiger partial charge on any atom is -0.385 e. The van der Waals surface area contributed by atoms with Gasteiger partial charge in [-0.05, 0) is 35.5 Å². The van der Waals surface area contributed by atoms with Gasteiger partial charge in [-0.25, -0.2) is 17.2 Å². The van der Waals surface area contributed by atoms with Crippen LogP contribution in [0.15, 0.2) is 41.3 Å². The van der Waals surface area contributed by atoms with Crippen LogP contribution < -0.4 is 10.2 Å². The summed E-state index contributed by atoms with van der Waals surface area (Å²) in [5.74, 6) is -2.43. The first-order chi connectivity index (χ1) is 14.3. The van der Waals surface area contributed by atoms with Gasteiger partial charge in [-0.2, -0.15) is 4.31 Å². The maximum atomic E-state index is 13.6. The topological polar surface area (TPSA) is 106 Å². The number of nitrogens with one attached hydrogen (secondary N) is 1. The van der Waals surface area contributed by atoms with Crippen molar-refractivity contribution in [2.45, 2.75) is 18.7 Å². The van der Waals surface area contributed by atoms with Gasteiger partial charge in [0.15, 0.2) is 6.61 Å². The van der Waals surface area contributed by atoms with Crippen LogP contribution in [0.4, 0.5) is 14.5 Å². The number of anilines is 1. The number of halogens is 2. The molecule has 0 bridgehead atoms. The fourth-order valence-corrected chi connectivity index (χ4v) is 4.22. The highest BCUT2D eigenvalue weighted by molar-refractivity contribution is 7.89. The van der Waals surface area contributed by atoms with E-state index in [4.69, 9.17) is 4.84 Å². The Bertz CT molecular complexity index is 1180. The quantitative estimate of drug-likeness (QED) is 0.574. The van der Waals surface area contributed by atoms with Gasteiger partial charge in [0, 0.05) is 19.2 Å². The minimum atomic E-state index is -3.71. The van der Waals surface area contributed by atoms with E-state index in [2.05, 4.69) is 15.6 Å². The molecule has 0 spiro atoms. The second-order valence-electron chi connectivity index (χ2n) is 6.15. The van der Waals surface area contributed by atoms with Gasteiger partial charge in [0.05, 0.1) is 10.6 Å². The van der Waals surface area contributed by atoms with Crippen LogP contribution in [-0.2, 0) is 14.8 Å². The molecule has 2 aromatic carbocycles. The largest absolute Gasteiger partial charge is 0.385 e. The van der Waals surface area contributed by atoms with Gasteiger partial charge in [-0.1, -0.05) is 18.7 Å². The number of sulfonamides is 1. The predicted octanol–water partition coefficient (Wildman–Crippen LogP) is 1.81. The summed E-state index contributed by atoms with van der Waals surface area (Å²) in [4.78, 5) is 18.2. The third-order valence-corrected chi connectivity index (χ3v) is 6.30. The van der Waals surface area contributed by atoms with Crippen molar-refractivity contribution in [2.75, 3.05) is 25.0 Å². The van der Waals surface area contributed by atoms with E-state index in [9.17, 15) is 22.0 Å². The van der Waals surface area contributed by atoms with Crippen LogP contribution in [-0.4, -0.2) is 53.5 Å². The maximum absolute atomic E-state index is 13.6. The monoisotopic (exact) mass is 439 g/mol. The van der Waals surface area contributed by atoms with Crippen molar-refractivity contribution in [3.63, 3.8) is 0 Å². The molecule has 0 aliphatic rings. The molecule has 3 aromatic rings. The molecule has 12 heteroatoms. The van der Waals surface area contributed by atoms with Gasteiger partial charge in [0.25, 0.3) is 5.91 Å². The molecule has 30 heavy (non-hydrogen) atoms. The third kappa shape index (κ3) is 4.39. The average molecular weight is 439 g/mol. The van der Waals surface area contributed by atoms with Gasteiger partial charge >= 0.3 is 0 Å². The molecule has 0 aliphatic heterocycles. The van der Waals surface area contributed by atoms with Gasteiger partial charge in [0.2, 0.25) is 10.0 Å². The lowest BCUT2D eigenvalue weighted by Crippen LogP contribution is -2.30. The van der Waals surface area contributed by atoms with Crippen molar-refractivity contribution >= 4 is 32.7 Å². The molecule has 0 radical (unpaired) electrons. The van der Waals surface area contributed by atoms with E-state index in [0.717, 1.165) is 17.0 Å². The first-order valence-corrected chi connectivity index (χ1v) is 10.4. The number of rotatable bonds is 8. The number of fused-ring (bicyclic) bond motifs is 1. The molecule has 1 N–H and O–H groups in total. The van der Waals surface area contributed by atoms with Crippen LogP contribution in [0.5, 0.6) is 0 Å². The lowest BCUT2D eigenvalue weighted by atomic mass is 10.3. The predicted molar refractivity (Wildman–Crippen MR) is 104 cm³/mol. The number of benzene rings is 2. The highest BCUT2D eigenvalue weighted by Gasteiger charge is 2.23. The van der Waals surface area contributed by atoms with Crippen LogP contribution in [0.1, 0.15) is 13.8 Å². The molecular formula is C18H19F2N5O4S. The summed E-state index contributed by atoms with van der Waals surface area (Å²) in [6.45, 7) is 3.52. The molecule has 1 amide bonds. The van der Waals surface area contributed by atoms with Crippen molar-refractivity contribution in [3.8, 4) is 0 Å². The molecule has 9 nitrogen and oxygen atoms in total. The molecule has 0 unspecified atom stereocenters. The zero-order valence-corrected chi connectivity index (χ0v) is 17.0. The summed E-state index contributed by atoms with van der Waals surface area (Å²) >= 11 is 0. The Hall–Kier alpha value is -3.12. The Balaban J connectivity index is 1.77. The first kappa shape index (κ1) is 21.6. The van der Waals surface area contributed by atoms with Crippen molar-refractivity contribution < 1.29 is 26.8 Å². The van der Waals surface area contributed by atoms with Crippen molar-refractivity contribution in [2.24, 2.45) is 0 Å². The minimum absolute atomic E-state index is 0.0312. The first-order valence-electron chi connectivity index (χ1n) is 9.00. The van der Waals surface area contributed by atoms with E-state index in [1.54, 1.807) is 13.8 Å². The Labute approximate surface area is 171 Å². The summed E-state index contributed by atoms with van der Waals surface area (Å²) in [6.07, 6.45) is 0. The molecule has 160 valence electrons. The summed E-state index contributed by atoms with van der Waals surface area (Å²) in [5, 5.41) is 9.85. The molecule has 3 rings (SSSR count). The molecule has 0 saturated heterocycles. The molecule has 1 heterocycles. The Morgan fingerprint density at radius 1 is 1.17 bits per heavy atom. The standard InChI is InChI=1S/C18H19F2N5O4S/c1-3-24(4-2)30(27,28)13-6-8-16-17(10-13)25(23-22-16)29-11-18(26)21-15-7-5-12(19)9-14(15)20/h5-10H,3-4,11H2,1-2H3,(H,21,26). The lowest BCUT2D eigenvalue weighted by molar-refractivity contribution is -0.121. The van der Waals surface area contributed by atoms with E-state index in [1.807, 2.05) is 0 Å². The normalized spacial score (nSPS) is 11.8. The second-order valence-corrected chi connectivity index (χ2v) is 8.09. The van der Waals surface area contributed by atoms with Crippen LogP contribution in [0.25, 0.3) is 11.0 Å². The Morgan fingerprint density at radius 2 is 1.90 bits per heavy atom. The zero-order valence-electron chi connectivity index (χ0n) is 16.2. The molecule has 0 saturated carbocycles. The maximum Gasteiger partial charge on any atom is 0.265 e. The van der Waals surface area contributed by atoms with Gasteiger partial charge in [-0.3, -0.25) is 4.79 Å². The van der Waals surface area contributed by atoms with Crippen LogP contribution >= 0.6 is 0 Å². The second kappa shape index (κ2) is 8.71. The lowest BCUT2D eigenvalue weighted by Gasteiger charge is -2.18. The van der Waals surface area contributed by atoms with E-state index in [0.29, 0.717) is 24.7 Å². The Kier molecular flexibility index (Phi) is 6.27. The van der Waals surface area contributed by atoms with E-state index in [1.165, 1.54) is 22.5 Å². The molecular weight excluding hydrogens is 420 g/mol. The summed E-state index contributed by atoms with van der Waals surface area (Å²) < 4.78 is 53.3. The smallest absolute Gasteiger partial charge is 0.265 e. The van der Waals surface area contributed by atoms with Gasteiger partial charge < -0.3 is 10.2 Å². The zero-order chi connectivity index (χ0) is 21.9. The molecule has 0 fully saturated rings. The van der Waals surface area contributed by atoms with E-state index >= 15 is 0 Å². The summed E-state index contributed by atoms with van der Waals surface area (Å²) in [5.41, 5.74) is 0.392. The number of carbonyl (C=O) groups is 1. The van der Waals surface area contributed by atoms with Crippen molar-refractivity contribution in [3.05, 3.63) is 48.0 Å². The van der Waals surface area contributed by atoms with Gasteiger partial charge in [-0.15, -0.1) is 5.10 Å². The highest BCUT2D eigenvalue weighted by atomic mass is 32.2. The summed E-state index contributed by atoms with van der Waals surface area (Å²) in [6, 6.07) is 6.96. The number of amides is 1. The van der Waals surface area contributed by atoms with Crippen molar-refractivity contribution in [1.29, 1.82) is 0 Å². The Morgan fingerprint density at radius 3 is 2.57 bits per heavy atom. The number of aromatic nitrogens is 3. The third-order valence-electron chi connectivity index (χ3n) is 4.25. The summed E-state index contributed by atoms with van der Waals surface area (Å²) in [7, 11) is -3.71. The van der Waals surface area contributed by atoms with Crippen molar-refractivity contribution in [1.82, 2.24) is 19.5 Å². The fraction of sp³-hybridized carbons (Fsp3) is 0.278.